The molecule has 0 spiro atoms. The van der Waals surface area contributed by atoms with Crippen LogP contribution in [-0.4, -0.2) is 13.2 Å². The number of hydrazine groups is 1. The largest absolute Gasteiger partial charge is 0.496 e. The van der Waals surface area contributed by atoms with Crippen LogP contribution in [0, 0.1) is 11.8 Å². The number of nitrogens with one attached hydrogen (secondary N) is 1. The lowest BCUT2D eigenvalue weighted by atomic mass is 9.86. The molecule has 0 radical (unpaired) electrons. The van der Waals surface area contributed by atoms with Gasteiger partial charge in [0.05, 0.1) is 7.11 Å². The van der Waals surface area contributed by atoms with Crippen LogP contribution in [0.4, 0.5) is 0 Å². The minimum absolute atomic E-state index is 0.320. The summed E-state index contributed by atoms with van der Waals surface area (Å²) in [4.78, 5) is 0. The van der Waals surface area contributed by atoms with Gasteiger partial charge in [-0.2, -0.15) is 0 Å². The molecule has 0 amide bonds. The van der Waals surface area contributed by atoms with Crippen LogP contribution in [0.1, 0.15) is 31.7 Å². The van der Waals surface area contributed by atoms with Gasteiger partial charge in [0.15, 0.2) is 0 Å². The first kappa shape index (κ1) is 14.8. The van der Waals surface area contributed by atoms with E-state index in [1.807, 2.05) is 12.1 Å². The molecule has 19 heavy (non-hydrogen) atoms. The summed E-state index contributed by atoms with van der Waals surface area (Å²) in [6, 6.07) is 6.46. The van der Waals surface area contributed by atoms with Gasteiger partial charge in [-0.05, 0) is 48.4 Å². The molecule has 3 N–H and O–H groups in total. The van der Waals surface area contributed by atoms with Crippen LogP contribution in [0.5, 0.6) is 5.75 Å². The Bertz CT molecular complexity index is 425. The summed E-state index contributed by atoms with van der Waals surface area (Å²) in [5, 5.41) is 0. The number of hydrogen-bond donors (Lipinski definition) is 2. The number of halogens is 1. The molecule has 0 bridgehead atoms. The average Bonchev–Trinajstić information content (AvgIpc) is 2.82. The van der Waals surface area contributed by atoms with Crippen molar-refractivity contribution >= 4 is 15.9 Å². The van der Waals surface area contributed by atoms with Crippen LogP contribution in [0.3, 0.4) is 0 Å². The van der Waals surface area contributed by atoms with E-state index >= 15 is 0 Å². The van der Waals surface area contributed by atoms with Crippen LogP contribution >= 0.6 is 15.9 Å². The minimum atomic E-state index is 0.320. The van der Waals surface area contributed by atoms with Crippen molar-refractivity contribution in [2.24, 2.45) is 17.7 Å². The molecule has 0 aromatic heterocycles. The van der Waals surface area contributed by atoms with E-state index in [9.17, 15) is 0 Å². The molecule has 3 atom stereocenters. The van der Waals surface area contributed by atoms with Crippen LogP contribution in [0.2, 0.25) is 0 Å². The average molecular weight is 327 g/mol. The first-order valence-corrected chi connectivity index (χ1v) is 7.73. The molecule has 0 saturated heterocycles. The van der Waals surface area contributed by atoms with Crippen LogP contribution in [-0.2, 0) is 6.42 Å². The fourth-order valence-electron chi connectivity index (χ4n) is 3.25. The number of benzene rings is 1. The summed E-state index contributed by atoms with van der Waals surface area (Å²) in [6.45, 7) is 2.33. The molecule has 1 aromatic carbocycles. The lowest BCUT2D eigenvalue weighted by Gasteiger charge is -2.27. The molecule has 3 nitrogen and oxygen atoms in total. The van der Waals surface area contributed by atoms with Crippen molar-refractivity contribution in [3.8, 4) is 5.75 Å². The predicted molar refractivity (Wildman–Crippen MR) is 82.0 cm³/mol. The first-order chi connectivity index (χ1) is 9.15. The van der Waals surface area contributed by atoms with Gasteiger partial charge in [0.25, 0.3) is 0 Å². The Morgan fingerprint density at radius 1 is 1.47 bits per heavy atom. The summed E-state index contributed by atoms with van der Waals surface area (Å²) in [5.41, 5.74) is 4.23. The molecule has 2 rings (SSSR count). The SMILES string of the molecule is COc1ccc(Br)cc1CC(NN)C1CCCC1C. The van der Waals surface area contributed by atoms with Crippen LogP contribution in [0.25, 0.3) is 0 Å². The highest BCUT2D eigenvalue weighted by atomic mass is 79.9. The van der Waals surface area contributed by atoms with E-state index < -0.39 is 0 Å². The third kappa shape index (κ3) is 3.50. The van der Waals surface area contributed by atoms with E-state index in [1.165, 1.54) is 24.8 Å². The lowest BCUT2D eigenvalue weighted by molar-refractivity contribution is 0.294. The fourth-order valence-corrected chi connectivity index (χ4v) is 3.66. The van der Waals surface area contributed by atoms with Crippen molar-refractivity contribution in [3.63, 3.8) is 0 Å². The van der Waals surface area contributed by atoms with E-state index in [0.29, 0.717) is 12.0 Å². The van der Waals surface area contributed by atoms with E-state index in [0.717, 1.165) is 22.6 Å². The summed E-state index contributed by atoms with van der Waals surface area (Å²) in [5.74, 6) is 8.14. The van der Waals surface area contributed by atoms with Gasteiger partial charge in [0.1, 0.15) is 5.75 Å². The fraction of sp³-hybridized carbons (Fsp3) is 0.600. The third-order valence-corrected chi connectivity index (χ3v) is 4.83. The third-order valence-electron chi connectivity index (χ3n) is 4.34. The van der Waals surface area contributed by atoms with Gasteiger partial charge in [0, 0.05) is 10.5 Å². The van der Waals surface area contributed by atoms with Gasteiger partial charge >= 0.3 is 0 Å². The Labute approximate surface area is 124 Å². The molecule has 1 saturated carbocycles. The number of hydrogen-bond acceptors (Lipinski definition) is 3. The molecule has 106 valence electrons. The standard InChI is InChI=1S/C15H23BrN2O/c1-10-4-3-5-13(10)14(18-17)9-11-8-12(16)6-7-15(11)19-2/h6-8,10,13-14,18H,3-5,9,17H2,1-2H3. The number of ether oxygens (including phenoxy) is 1. The van der Waals surface area contributed by atoms with Crippen molar-refractivity contribution in [1.82, 2.24) is 5.43 Å². The van der Waals surface area contributed by atoms with Gasteiger partial charge in [-0.25, -0.2) is 0 Å². The van der Waals surface area contributed by atoms with Gasteiger partial charge in [0.2, 0.25) is 0 Å². The second-order valence-corrected chi connectivity index (χ2v) is 6.42. The Morgan fingerprint density at radius 3 is 2.84 bits per heavy atom. The molecule has 0 heterocycles. The molecule has 1 aromatic rings. The molecule has 0 aliphatic heterocycles. The second kappa shape index (κ2) is 6.73. The molecular formula is C15H23BrN2O. The predicted octanol–water partition coefficient (Wildman–Crippen LogP) is 3.27. The van der Waals surface area contributed by atoms with E-state index in [4.69, 9.17) is 10.6 Å². The maximum Gasteiger partial charge on any atom is 0.122 e. The summed E-state index contributed by atoms with van der Waals surface area (Å²) < 4.78 is 6.53. The zero-order valence-electron chi connectivity index (χ0n) is 11.7. The summed E-state index contributed by atoms with van der Waals surface area (Å²) in [7, 11) is 1.72. The van der Waals surface area contributed by atoms with Gasteiger partial charge in [-0.3, -0.25) is 11.3 Å². The Balaban J connectivity index is 2.15. The van der Waals surface area contributed by atoms with E-state index in [2.05, 4.69) is 34.3 Å². The topological polar surface area (TPSA) is 47.3 Å². The van der Waals surface area contributed by atoms with Crippen molar-refractivity contribution in [1.29, 1.82) is 0 Å². The molecule has 1 fully saturated rings. The second-order valence-electron chi connectivity index (χ2n) is 5.51. The maximum absolute atomic E-state index is 5.79. The van der Waals surface area contributed by atoms with Crippen molar-refractivity contribution in [2.45, 2.75) is 38.6 Å². The number of methoxy groups -OCH3 is 1. The summed E-state index contributed by atoms with van der Waals surface area (Å²) in [6.07, 6.45) is 4.82. The quantitative estimate of drug-likeness (QED) is 0.645. The van der Waals surface area contributed by atoms with Crippen molar-refractivity contribution in [2.75, 3.05) is 7.11 Å². The zero-order chi connectivity index (χ0) is 13.8. The first-order valence-electron chi connectivity index (χ1n) is 6.94. The molecular weight excluding hydrogens is 304 g/mol. The number of nitrogens with two attached hydrogens (primary N) is 1. The van der Waals surface area contributed by atoms with E-state index in [1.54, 1.807) is 7.11 Å². The van der Waals surface area contributed by atoms with Gasteiger partial charge in [-0.15, -0.1) is 0 Å². The Hall–Kier alpha value is -0.580. The van der Waals surface area contributed by atoms with E-state index in [-0.39, 0.29) is 0 Å². The Morgan fingerprint density at radius 2 is 2.26 bits per heavy atom. The molecule has 1 aliphatic carbocycles. The lowest BCUT2D eigenvalue weighted by Crippen LogP contribution is -2.43. The Kier molecular flexibility index (Phi) is 5.25. The molecule has 4 heteroatoms. The monoisotopic (exact) mass is 326 g/mol. The maximum atomic E-state index is 5.79. The van der Waals surface area contributed by atoms with Crippen molar-refractivity contribution < 1.29 is 4.74 Å². The van der Waals surface area contributed by atoms with Crippen LogP contribution in [0.15, 0.2) is 22.7 Å². The highest BCUT2D eigenvalue weighted by Crippen LogP contribution is 2.35. The minimum Gasteiger partial charge on any atom is -0.496 e. The summed E-state index contributed by atoms with van der Waals surface area (Å²) >= 11 is 3.53. The van der Waals surface area contributed by atoms with Gasteiger partial charge in [-0.1, -0.05) is 35.7 Å². The molecule has 3 unspecified atom stereocenters. The van der Waals surface area contributed by atoms with Crippen molar-refractivity contribution in [3.05, 3.63) is 28.2 Å². The highest BCUT2D eigenvalue weighted by Gasteiger charge is 2.30. The van der Waals surface area contributed by atoms with Crippen LogP contribution < -0.4 is 16.0 Å². The zero-order valence-corrected chi connectivity index (χ0v) is 13.2. The molecule has 1 aliphatic rings. The smallest absolute Gasteiger partial charge is 0.122 e. The highest BCUT2D eigenvalue weighted by molar-refractivity contribution is 9.10. The van der Waals surface area contributed by atoms with Gasteiger partial charge < -0.3 is 4.74 Å². The number of rotatable bonds is 5. The normalized spacial score (nSPS) is 24.4.